The summed E-state index contributed by atoms with van der Waals surface area (Å²) in [6.45, 7) is 2.10. The van der Waals surface area contributed by atoms with Gasteiger partial charge in [0.1, 0.15) is 5.83 Å². The van der Waals surface area contributed by atoms with E-state index in [4.69, 9.17) is 0 Å². The molecule has 0 fully saturated rings. The van der Waals surface area contributed by atoms with Gasteiger partial charge in [-0.25, -0.2) is 4.39 Å². The van der Waals surface area contributed by atoms with Gasteiger partial charge in [0.15, 0.2) is 0 Å². The smallest absolute Gasteiger partial charge is 0.110 e. The normalized spacial score (nSPS) is 18.7. The molecule has 1 aromatic heterocycles. The summed E-state index contributed by atoms with van der Waals surface area (Å²) in [5.41, 5.74) is 1.04. The van der Waals surface area contributed by atoms with Crippen molar-refractivity contribution in [1.29, 1.82) is 0 Å². The number of aromatic nitrogens is 2. The second-order valence-electron chi connectivity index (χ2n) is 3.23. The van der Waals surface area contributed by atoms with Crippen LogP contribution in [0.2, 0.25) is 0 Å². The number of rotatable bonds is 2. The molecule has 0 saturated heterocycles. The second kappa shape index (κ2) is 3.70. The maximum Gasteiger partial charge on any atom is 0.110 e. The number of aromatic amines is 1. The Morgan fingerprint density at radius 2 is 2.54 bits per heavy atom. The lowest BCUT2D eigenvalue weighted by atomic mass is 10.2. The second-order valence-corrected chi connectivity index (χ2v) is 3.23. The SMILES string of the molecule is FC1=CCCN(Cc2ccn[nH]2)C1. The molecule has 3 nitrogen and oxygen atoms in total. The molecule has 13 heavy (non-hydrogen) atoms. The number of halogens is 1. The van der Waals surface area contributed by atoms with Crippen LogP contribution in [0.3, 0.4) is 0 Å². The quantitative estimate of drug-likeness (QED) is 0.749. The molecule has 0 saturated carbocycles. The van der Waals surface area contributed by atoms with Gasteiger partial charge in [-0.2, -0.15) is 5.10 Å². The largest absolute Gasteiger partial charge is 0.291 e. The molecule has 0 aliphatic carbocycles. The Balaban J connectivity index is 1.93. The van der Waals surface area contributed by atoms with E-state index in [0.29, 0.717) is 6.54 Å². The molecule has 1 aromatic rings. The number of hydrogen-bond acceptors (Lipinski definition) is 2. The molecule has 0 aromatic carbocycles. The summed E-state index contributed by atoms with van der Waals surface area (Å²) in [5.74, 6) is -0.0224. The lowest BCUT2D eigenvalue weighted by molar-refractivity contribution is 0.256. The van der Waals surface area contributed by atoms with Gasteiger partial charge in [-0.1, -0.05) is 6.08 Å². The van der Waals surface area contributed by atoms with Crippen LogP contribution in [0.25, 0.3) is 0 Å². The van der Waals surface area contributed by atoms with Crippen molar-refractivity contribution >= 4 is 0 Å². The first-order valence-corrected chi connectivity index (χ1v) is 4.40. The third-order valence-corrected chi connectivity index (χ3v) is 2.14. The summed E-state index contributed by atoms with van der Waals surface area (Å²) < 4.78 is 12.9. The molecule has 0 bridgehead atoms. The van der Waals surface area contributed by atoms with Crippen molar-refractivity contribution in [2.45, 2.75) is 13.0 Å². The van der Waals surface area contributed by atoms with E-state index in [1.807, 2.05) is 6.07 Å². The summed E-state index contributed by atoms with van der Waals surface area (Å²) in [4.78, 5) is 2.06. The highest BCUT2D eigenvalue weighted by molar-refractivity contribution is 5.03. The van der Waals surface area contributed by atoms with Gasteiger partial charge in [-0.15, -0.1) is 0 Å². The highest BCUT2D eigenvalue weighted by Gasteiger charge is 2.12. The highest BCUT2D eigenvalue weighted by Crippen LogP contribution is 2.12. The molecule has 0 atom stereocenters. The van der Waals surface area contributed by atoms with Gasteiger partial charge in [-0.05, 0) is 12.5 Å². The summed E-state index contributed by atoms with van der Waals surface area (Å²) >= 11 is 0. The average molecular weight is 181 g/mol. The van der Waals surface area contributed by atoms with Crippen LogP contribution in [0.4, 0.5) is 4.39 Å². The monoisotopic (exact) mass is 181 g/mol. The van der Waals surface area contributed by atoms with Gasteiger partial charge in [0.05, 0.1) is 6.54 Å². The molecule has 1 aliphatic rings. The van der Waals surface area contributed by atoms with Crippen LogP contribution in [-0.2, 0) is 6.54 Å². The fraction of sp³-hybridized carbons (Fsp3) is 0.444. The summed E-state index contributed by atoms with van der Waals surface area (Å²) in [6, 6.07) is 1.91. The van der Waals surface area contributed by atoms with E-state index in [9.17, 15) is 4.39 Å². The zero-order chi connectivity index (χ0) is 9.10. The molecule has 2 heterocycles. The molecular formula is C9H12FN3. The average Bonchev–Trinajstić information content (AvgIpc) is 2.57. The predicted octanol–water partition coefficient (Wildman–Crippen LogP) is 1.47. The van der Waals surface area contributed by atoms with E-state index in [1.54, 1.807) is 12.3 Å². The zero-order valence-electron chi connectivity index (χ0n) is 7.33. The Bertz CT molecular complexity index is 292. The minimum absolute atomic E-state index is 0.0224. The lowest BCUT2D eigenvalue weighted by Gasteiger charge is -2.23. The van der Waals surface area contributed by atoms with Gasteiger partial charge in [-0.3, -0.25) is 10.00 Å². The summed E-state index contributed by atoms with van der Waals surface area (Å²) in [5, 5.41) is 6.71. The van der Waals surface area contributed by atoms with E-state index in [0.717, 1.165) is 25.2 Å². The first-order valence-electron chi connectivity index (χ1n) is 4.40. The first kappa shape index (κ1) is 8.44. The van der Waals surface area contributed by atoms with E-state index in [-0.39, 0.29) is 5.83 Å². The van der Waals surface area contributed by atoms with Crippen molar-refractivity contribution in [3.05, 3.63) is 29.9 Å². The Morgan fingerprint density at radius 1 is 1.62 bits per heavy atom. The molecular weight excluding hydrogens is 169 g/mol. The van der Waals surface area contributed by atoms with Crippen molar-refractivity contribution in [3.63, 3.8) is 0 Å². The van der Waals surface area contributed by atoms with Crippen LogP contribution in [-0.4, -0.2) is 28.2 Å². The number of hydrogen-bond donors (Lipinski definition) is 1. The van der Waals surface area contributed by atoms with Crippen LogP contribution < -0.4 is 0 Å². The fourth-order valence-electron chi connectivity index (χ4n) is 1.51. The van der Waals surface area contributed by atoms with Crippen molar-refractivity contribution in [2.75, 3.05) is 13.1 Å². The fourth-order valence-corrected chi connectivity index (χ4v) is 1.51. The van der Waals surface area contributed by atoms with E-state index >= 15 is 0 Å². The van der Waals surface area contributed by atoms with E-state index in [1.165, 1.54) is 0 Å². The van der Waals surface area contributed by atoms with Gasteiger partial charge in [0.2, 0.25) is 0 Å². The number of nitrogens with zero attached hydrogens (tertiary/aromatic N) is 2. The molecule has 0 radical (unpaired) electrons. The van der Waals surface area contributed by atoms with Gasteiger partial charge >= 0.3 is 0 Å². The highest BCUT2D eigenvalue weighted by atomic mass is 19.1. The van der Waals surface area contributed by atoms with Gasteiger partial charge < -0.3 is 0 Å². The molecule has 0 amide bonds. The Labute approximate surface area is 76.2 Å². The molecule has 70 valence electrons. The zero-order valence-corrected chi connectivity index (χ0v) is 7.33. The molecule has 2 rings (SSSR count). The van der Waals surface area contributed by atoms with Crippen molar-refractivity contribution in [1.82, 2.24) is 15.1 Å². The predicted molar refractivity (Wildman–Crippen MR) is 47.7 cm³/mol. The Hall–Kier alpha value is -1.16. The van der Waals surface area contributed by atoms with Crippen molar-refractivity contribution < 1.29 is 4.39 Å². The minimum Gasteiger partial charge on any atom is -0.291 e. The van der Waals surface area contributed by atoms with Crippen LogP contribution in [0.15, 0.2) is 24.2 Å². The first-order chi connectivity index (χ1) is 6.34. The van der Waals surface area contributed by atoms with Gasteiger partial charge in [0, 0.05) is 25.0 Å². The van der Waals surface area contributed by atoms with Crippen LogP contribution in [0.5, 0.6) is 0 Å². The maximum absolute atomic E-state index is 12.9. The van der Waals surface area contributed by atoms with Crippen molar-refractivity contribution in [2.24, 2.45) is 0 Å². The molecule has 4 heteroatoms. The van der Waals surface area contributed by atoms with Gasteiger partial charge in [0.25, 0.3) is 0 Å². The topological polar surface area (TPSA) is 31.9 Å². The number of H-pyrrole nitrogens is 1. The number of nitrogens with one attached hydrogen (secondary N) is 1. The third-order valence-electron chi connectivity index (χ3n) is 2.14. The van der Waals surface area contributed by atoms with E-state index in [2.05, 4.69) is 15.1 Å². The molecule has 1 N–H and O–H groups in total. The van der Waals surface area contributed by atoms with Crippen LogP contribution >= 0.6 is 0 Å². The standard InChI is InChI=1S/C9H12FN3/c10-8-2-1-5-13(6-8)7-9-3-4-11-12-9/h2-4H,1,5-7H2,(H,11,12). The Morgan fingerprint density at radius 3 is 3.23 bits per heavy atom. The Kier molecular flexibility index (Phi) is 2.40. The molecule has 0 spiro atoms. The summed E-state index contributed by atoms with van der Waals surface area (Å²) in [6.07, 6.45) is 4.18. The molecule has 0 unspecified atom stereocenters. The molecule has 1 aliphatic heterocycles. The minimum atomic E-state index is -0.0224. The van der Waals surface area contributed by atoms with Crippen LogP contribution in [0.1, 0.15) is 12.1 Å². The lowest BCUT2D eigenvalue weighted by Crippen LogP contribution is -2.28. The van der Waals surface area contributed by atoms with Crippen molar-refractivity contribution in [3.8, 4) is 0 Å². The maximum atomic E-state index is 12.9. The van der Waals surface area contributed by atoms with E-state index < -0.39 is 0 Å². The van der Waals surface area contributed by atoms with Crippen LogP contribution in [0, 0.1) is 0 Å². The third kappa shape index (κ3) is 2.15. The summed E-state index contributed by atoms with van der Waals surface area (Å²) in [7, 11) is 0.